The van der Waals surface area contributed by atoms with Crippen LogP contribution in [0, 0.1) is 12.7 Å². The topological polar surface area (TPSA) is 113 Å². The van der Waals surface area contributed by atoms with Gasteiger partial charge in [-0.05, 0) is 49.6 Å². The van der Waals surface area contributed by atoms with Crippen LogP contribution in [0.2, 0.25) is 0 Å². The Morgan fingerprint density at radius 3 is 2.44 bits per heavy atom. The van der Waals surface area contributed by atoms with Crippen molar-refractivity contribution < 1.29 is 23.2 Å². The lowest BCUT2D eigenvalue weighted by atomic mass is 9.93. The Morgan fingerprint density at radius 1 is 0.971 bits per heavy atom. The van der Waals surface area contributed by atoms with Gasteiger partial charge in [0.2, 0.25) is 5.91 Å². The second kappa shape index (κ2) is 10.1. The molecule has 34 heavy (non-hydrogen) atoms. The first-order valence-electron chi connectivity index (χ1n) is 10.8. The third-order valence-electron chi connectivity index (χ3n) is 5.45. The van der Waals surface area contributed by atoms with Crippen LogP contribution in [0.25, 0.3) is 0 Å². The van der Waals surface area contributed by atoms with Gasteiger partial charge in [0.1, 0.15) is 11.6 Å². The van der Waals surface area contributed by atoms with Crippen molar-refractivity contribution in [2.24, 2.45) is 5.10 Å². The number of hydrogen-bond acceptors (Lipinski definition) is 5. The van der Waals surface area contributed by atoms with E-state index in [0.717, 1.165) is 12.0 Å². The predicted molar refractivity (Wildman–Crippen MR) is 123 cm³/mol. The number of hydrazine groups is 1. The number of fused-ring (bicyclic) bond motifs is 1. The fourth-order valence-corrected chi connectivity index (χ4v) is 3.79. The molecule has 3 amide bonds. The highest BCUT2D eigenvalue weighted by Crippen LogP contribution is 2.29. The number of nitrogens with one attached hydrogen (secondary N) is 3. The summed E-state index contributed by atoms with van der Waals surface area (Å²) in [6, 6.07) is 14.3. The molecule has 0 saturated carbocycles. The zero-order valence-electron chi connectivity index (χ0n) is 18.5. The number of halogens is 1. The van der Waals surface area contributed by atoms with Crippen molar-refractivity contribution in [1.29, 1.82) is 0 Å². The highest BCUT2D eigenvalue weighted by molar-refractivity contribution is 6.07. The zero-order chi connectivity index (χ0) is 24.1. The molecule has 0 saturated heterocycles. The third-order valence-corrected chi connectivity index (χ3v) is 5.45. The molecule has 0 radical (unpaired) electrons. The number of rotatable bonds is 5. The smallest absolute Gasteiger partial charge is 0.305 e. The van der Waals surface area contributed by atoms with Gasteiger partial charge in [0.05, 0.1) is 12.1 Å². The van der Waals surface area contributed by atoms with Gasteiger partial charge in [-0.3, -0.25) is 25.2 Å². The molecule has 9 heteroatoms. The Kier molecular flexibility index (Phi) is 6.82. The van der Waals surface area contributed by atoms with Crippen molar-refractivity contribution in [2.75, 3.05) is 0 Å². The van der Waals surface area contributed by atoms with Crippen molar-refractivity contribution in [3.05, 3.63) is 94.2 Å². The van der Waals surface area contributed by atoms with Crippen LogP contribution < -0.4 is 16.3 Å². The average Bonchev–Trinajstić information content (AvgIpc) is 3.19. The van der Waals surface area contributed by atoms with Gasteiger partial charge in [-0.15, -0.1) is 0 Å². The average molecular weight is 462 g/mol. The second-order valence-electron chi connectivity index (χ2n) is 7.88. The number of benzene rings is 2. The molecule has 1 aliphatic carbocycles. The minimum Gasteiger partial charge on any atom is -0.455 e. The van der Waals surface area contributed by atoms with Gasteiger partial charge in [0, 0.05) is 23.1 Å². The van der Waals surface area contributed by atoms with E-state index in [9.17, 15) is 18.8 Å². The number of hydrazone groups is 1. The summed E-state index contributed by atoms with van der Waals surface area (Å²) in [5.41, 5.74) is 10.2. The van der Waals surface area contributed by atoms with Crippen LogP contribution in [-0.4, -0.2) is 23.4 Å². The van der Waals surface area contributed by atoms with Crippen molar-refractivity contribution >= 4 is 23.4 Å². The monoisotopic (exact) mass is 462 g/mol. The summed E-state index contributed by atoms with van der Waals surface area (Å²) in [5.74, 6) is -1.18. The molecule has 1 aromatic heterocycles. The van der Waals surface area contributed by atoms with Crippen LogP contribution in [0.5, 0.6) is 0 Å². The lowest BCUT2D eigenvalue weighted by Gasteiger charge is -2.13. The number of nitrogens with zero attached hydrogens (tertiary/aromatic N) is 1. The van der Waals surface area contributed by atoms with Crippen molar-refractivity contribution in [2.45, 2.75) is 32.6 Å². The van der Waals surface area contributed by atoms with Gasteiger partial charge >= 0.3 is 5.91 Å². The van der Waals surface area contributed by atoms with E-state index >= 15 is 0 Å². The molecule has 3 N–H and O–H groups in total. The fourth-order valence-electron chi connectivity index (χ4n) is 3.79. The molecule has 0 spiro atoms. The van der Waals surface area contributed by atoms with Gasteiger partial charge in [0.25, 0.3) is 5.91 Å². The second-order valence-corrected chi connectivity index (χ2v) is 7.88. The quantitative estimate of drug-likeness (QED) is 0.506. The van der Waals surface area contributed by atoms with Crippen LogP contribution in [0.15, 0.2) is 64.1 Å². The number of furan rings is 1. The molecule has 0 atom stereocenters. The van der Waals surface area contributed by atoms with Gasteiger partial charge in [-0.25, -0.2) is 9.82 Å². The Balaban J connectivity index is 1.43. The summed E-state index contributed by atoms with van der Waals surface area (Å²) in [4.78, 5) is 37.1. The molecular formula is C25H23FN4O4. The van der Waals surface area contributed by atoms with E-state index in [1.165, 1.54) is 24.3 Å². The number of carbonyl (C=O) groups is 3. The van der Waals surface area contributed by atoms with Gasteiger partial charge in [-0.1, -0.05) is 30.3 Å². The van der Waals surface area contributed by atoms with Crippen molar-refractivity contribution in [1.82, 2.24) is 16.3 Å². The third kappa shape index (κ3) is 5.20. The molecule has 8 nitrogen and oxygen atoms in total. The molecule has 0 aliphatic heterocycles. The summed E-state index contributed by atoms with van der Waals surface area (Å²) >= 11 is 0. The summed E-state index contributed by atoms with van der Waals surface area (Å²) in [6.07, 6.45) is 2.07. The molecule has 0 fully saturated rings. The highest BCUT2D eigenvalue weighted by atomic mass is 19.1. The maximum atomic E-state index is 13.1. The van der Waals surface area contributed by atoms with E-state index in [1.54, 1.807) is 6.92 Å². The lowest BCUT2D eigenvalue weighted by Crippen LogP contribution is -2.42. The Bertz CT molecular complexity index is 1250. The standard InChI is InChI=1S/C25H23FN4O4/c1-15-22-19(27-29-24(32)17-10-12-18(26)13-11-17)8-5-9-20(22)34-23(15)25(33)30-28-21(31)14-16-6-3-2-4-7-16/h2-4,6-7,10-13H,5,8-9,14H2,1H3,(H,28,31)(H,29,32)(H,30,33)/b27-19+. The molecule has 1 heterocycles. The highest BCUT2D eigenvalue weighted by Gasteiger charge is 2.28. The molecule has 2 aromatic carbocycles. The van der Waals surface area contributed by atoms with Crippen LogP contribution in [0.4, 0.5) is 4.39 Å². The number of hydrogen-bond donors (Lipinski definition) is 3. The Morgan fingerprint density at radius 2 is 1.71 bits per heavy atom. The first-order chi connectivity index (χ1) is 16.4. The number of amides is 3. The van der Waals surface area contributed by atoms with Gasteiger partial charge < -0.3 is 4.42 Å². The summed E-state index contributed by atoms with van der Waals surface area (Å²) in [7, 11) is 0. The number of carbonyl (C=O) groups excluding carboxylic acids is 3. The van der Waals surface area contributed by atoms with Crippen LogP contribution in [0.1, 0.15) is 56.2 Å². The normalized spacial score (nSPS) is 13.8. The molecule has 0 bridgehead atoms. The largest absolute Gasteiger partial charge is 0.455 e. The maximum Gasteiger partial charge on any atom is 0.305 e. The Labute approximate surface area is 195 Å². The summed E-state index contributed by atoms with van der Waals surface area (Å²) < 4.78 is 18.9. The minimum absolute atomic E-state index is 0.0736. The first kappa shape index (κ1) is 22.9. The van der Waals surface area contributed by atoms with E-state index in [1.807, 2.05) is 30.3 Å². The maximum absolute atomic E-state index is 13.1. The van der Waals surface area contributed by atoms with Crippen molar-refractivity contribution in [3.63, 3.8) is 0 Å². The summed E-state index contributed by atoms with van der Waals surface area (Å²) in [6.45, 7) is 1.73. The van der Waals surface area contributed by atoms with E-state index in [-0.39, 0.29) is 23.7 Å². The minimum atomic E-state index is -0.581. The molecule has 3 aromatic rings. The van der Waals surface area contributed by atoms with E-state index in [4.69, 9.17) is 4.42 Å². The molecule has 4 rings (SSSR count). The van der Waals surface area contributed by atoms with E-state index in [2.05, 4.69) is 21.4 Å². The fraction of sp³-hybridized carbons (Fsp3) is 0.200. The zero-order valence-corrected chi connectivity index (χ0v) is 18.5. The van der Waals surface area contributed by atoms with E-state index < -0.39 is 17.6 Å². The summed E-state index contributed by atoms with van der Waals surface area (Å²) in [5, 5.41) is 4.24. The SMILES string of the molecule is Cc1c(C(=O)NNC(=O)Cc2ccccc2)oc2c1/C(=N/NC(=O)c1ccc(F)cc1)CCC2. The van der Waals surface area contributed by atoms with Crippen LogP contribution >= 0.6 is 0 Å². The van der Waals surface area contributed by atoms with Crippen molar-refractivity contribution in [3.8, 4) is 0 Å². The molecule has 174 valence electrons. The van der Waals surface area contributed by atoms with Gasteiger partial charge in [-0.2, -0.15) is 5.10 Å². The molecule has 1 aliphatic rings. The van der Waals surface area contributed by atoms with Crippen LogP contribution in [0.3, 0.4) is 0 Å². The number of aryl methyl sites for hydroxylation is 1. The molecule has 0 unspecified atom stereocenters. The first-order valence-corrected chi connectivity index (χ1v) is 10.8. The molecular weight excluding hydrogens is 439 g/mol. The predicted octanol–water partition coefficient (Wildman–Crippen LogP) is 3.20. The van der Waals surface area contributed by atoms with E-state index in [0.29, 0.717) is 35.4 Å². The van der Waals surface area contributed by atoms with Crippen LogP contribution in [-0.2, 0) is 17.6 Å². The lowest BCUT2D eigenvalue weighted by molar-refractivity contribution is -0.121. The van der Waals surface area contributed by atoms with Gasteiger partial charge in [0.15, 0.2) is 5.76 Å². The Hall–Kier alpha value is -4.27.